The Morgan fingerprint density at radius 1 is 1.09 bits per heavy atom. The highest BCUT2D eigenvalue weighted by Gasteiger charge is 2.32. The number of amides is 2. The number of hydrogen-bond donors (Lipinski definition) is 1. The molecule has 0 fully saturated rings. The Bertz CT molecular complexity index is 1270. The lowest BCUT2D eigenvalue weighted by Gasteiger charge is -2.31. The Morgan fingerprint density at radius 2 is 1.86 bits per heavy atom. The van der Waals surface area contributed by atoms with Gasteiger partial charge >= 0.3 is 0 Å². The number of benzene rings is 2. The van der Waals surface area contributed by atoms with E-state index in [1.165, 1.54) is 40.1 Å². The standard InChI is InChI=1S/C26H28FN5O3/c1-18(2)13-14-28-26(34)25(19-9-11-20(27)12-10-19)31(16-21-6-5-15-35-21)24(33)17-32-23-8-4-3-7-22(23)29-30-32/h3-12,15,18,25H,13-14,16-17H2,1-2H3,(H,28,34)/t25-/m1/s1. The van der Waals surface area contributed by atoms with Gasteiger partial charge in [0.15, 0.2) is 0 Å². The van der Waals surface area contributed by atoms with E-state index in [0.29, 0.717) is 34.8 Å². The number of halogens is 1. The van der Waals surface area contributed by atoms with Crippen molar-refractivity contribution < 1.29 is 18.4 Å². The molecule has 35 heavy (non-hydrogen) atoms. The maximum absolute atomic E-state index is 13.7. The summed E-state index contributed by atoms with van der Waals surface area (Å²) in [6, 6.07) is 15.4. The molecular weight excluding hydrogens is 449 g/mol. The predicted molar refractivity (Wildman–Crippen MR) is 128 cm³/mol. The van der Waals surface area contributed by atoms with Crippen LogP contribution in [0.5, 0.6) is 0 Å². The van der Waals surface area contributed by atoms with E-state index in [9.17, 15) is 14.0 Å². The molecule has 0 saturated carbocycles. The van der Waals surface area contributed by atoms with Gasteiger partial charge in [-0.3, -0.25) is 9.59 Å². The van der Waals surface area contributed by atoms with Crippen LogP contribution in [0.2, 0.25) is 0 Å². The average molecular weight is 478 g/mol. The van der Waals surface area contributed by atoms with E-state index in [1.807, 2.05) is 24.3 Å². The summed E-state index contributed by atoms with van der Waals surface area (Å²) in [5, 5.41) is 11.2. The van der Waals surface area contributed by atoms with Crippen LogP contribution in [0.25, 0.3) is 11.0 Å². The number of fused-ring (bicyclic) bond motifs is 1. The van der Waals surface area contributed by atoms with Crippen molar-refractivity contribution in [2.24, 2.45) is 5.92 Å². The summed E-state index contributed by atoms with van der Waals surface area (Å²) in [6.07, 6.45) is 2.30. The van der Waals surface area contributed by atoms with Crippen LogP contribution >= 0.6 is 0 Å². The maximum Gasteiger partial charge on any atom is 0.247 e. The molecule has 2 aromatic carbocycles. The second kappa shape index (κ2) is 10.9. The second-order valence-corrected chi connectivity index (χ2v) is 8.76. The minimum absolute atomic E-state index is 0.0537. The number of furan rings is 1. The molecule has 0 spiro atoms. The molecule has 2 heterocycles. The van der Waals surface area contributed by atoms with Gasteiger partial charge in [0.2, 0.25) is 11.8 Å². The third-order valence-electron chi connectivity index (χ3n) is 5.70. The Morgan fingerprint density at radius 3 is 2.57 bits per heavy atom. The normalized spacial score (nSPS) is 12.1. The van der Waals surface area contributed by atoms with Gasteiger partial charge in [-0.25, -0.2) is 9.07 Å². The number of aromatic nitrogens is 3. The first kappa shape index (κ1) is 24.1. The van der Waals surface area contributed by atoms with Gasteiger partial charge in [0.25, 0.3) is 0 Å². The number of carbonyl (C=O) groups is 2. The molecule has 0 unspecified atom stereocenters. The van der Waals surface area contributed by atoms with Crippen LogP contribution in [-0.2, 0) is 22.7 Å². The largest absolute Gasteiger partial charge is 0.467 e. The van der Waals surface area contributed by atoms with Crippen molar-refractivity contribution in [2.75, 3.05) is 6.54 Å². The number of carbonyl (C=O) groups excluding carboxylic acids is 2. The van der Waals surface area contributed by atoms with Crippen LogP contribution in [0, 0.1) is 11.7 Å². The fourth-order valence-corrected chi connectivity index (χ4v) is 3.85. The van der Waals surface area contributed by atoms with Gasteiger partial charge < -0.3 is 14.6 Å². The first-order valence-corrected chi connectivity index (χ1v) is 11.6. The number of rotatable bonds is 10. The topological polar surface area (TPSA) is 93.3 Å². The first-order chi connectivity index (χ1) is 16.9. The fraction of sp³-hybridized carbons (Fsp3) is 0.308. The van der Waals surface area contributed by atoms with E-state index in [-0.39, 0.29) is 24.9 Å². The second-order valence-electron chi connectivity index (χ2n) is 8.76. The van der Waals surface area contributed by atoms with E-state index in [1.54, 1.807) is 12.1 Å². The number of nitrogens with zero attached hydrogens (tertiary/aromatic N) is 4. The van der Waals surface area contributed by atoms with Gasteiger partial charge in [-0.05, 0) is 54.3 Å². The van der Waals surface area contributed by atoms with Gasteiger partial charge in [-0.1, -0.05) is 43.3 Å². The molecule has 0 radical (unpaired) electrons. The molecule has 1 N–H and O–H groups in total. The smallest absolute Gasteiger partial charge is 0.247 e. The quantitative estimate of drug-likeness (QED) is 0.371. The lowest BCUT2D eigenvalue weighted by molar-refractivity contribution is -0.142. The summed E-state index contributed by atoms with van der Waals surface area (Å²) in [5.74, 6) is -0.207. The molecule has 0 aliphatic rings. The van der Waals surface area contributed by atoms with Crippen molar-refractivity contribution in [1.29, 1.82) is 0 Å². The zero-order chi connectivity index (χ0) is 24.8. The Hall–Kier alpha value is -4.01. The molecule has 0 aliphatic heterocycles. The van der Waals surface area contributed by atoms with Crippen molar-refractivity contribution in [3.05, 3.63) is 84.1 Å². The lowest BCUT2D eigenvalue weighted by Crippen LogP contribution is -2.45. The van der Waals surface area contributed by atoms with Gasteiger partial charge in [0, 0.05) is 6.54 Å². The first-order valence-electron chi connectivity index (χ1n) is 11.6. The van der Waals surface area contributed by atoms with Gasteiger partial charge in [0.05, 0.1) is 18.3 Å². The molecule has 8 nitrogen and oxygen atoms in total. The minimum Gasteiger partial charge on any atom is -0.467 e. The Kier molecular flexibility index (Phi) is 7.54. The predicted octanol–water partition coefficient (Wildman–Crippen LogP) is 4.10. The van der Waals surface area contributed by atoms with Crippen molar-refractivity contribution in [1.82, 2.24) is 25.2 Å². The minimum atomic E-state index is -0.991. The summed E-state index contributed by atoms with van der Waals surface area (Å²) < 4.78 is 20.7. The van der Waals surface area contributed by atoms with Crippen molar-refractivity contribution in [2.45, 2.75) is 39.4 Å². The molecule has 9 heteroatoms. The molecule has 182 valence electrons. The monoisotopic (exact) mass is 477 g/mol. The summed E-state index contributed by atoms with van der Waals surface area (Å²) in [6.45, 7) is 4.53. The highest BCUT2D eigenvalue weighted by Crippen LogP contribution is 2.25. The summed E-state index contributed by atoms with van der Waals surface area (Å²) in [5.41, 5.74) is 1.87. The third kappa shape index (κ3) is 5.92. The molecule has 2 amide bonds. The van der Waals surface area contributed by atoms with Crippen LogP contribution in [-0.4, -0.2) is 38.3 Å². The van der Waals surface area contributed by atoms with Crippen LogP contribution in [0.15, 0.2) is 71.3 Å². The summed E-state index contributed by atoms with van der Waals surface area (Å²) in [4.78, 5) is 28.6. The van der Waals surface area contributed by atoms with Crippen molar-refractivity contribution in [3.8, 4) is 0 Å². The highest BCUT2D eigenvalue weighted by molar-refractivity contribution is 5.89. The van der Waals surface area contributed by atoms with Gasteiger partial charge in [-0.15, -0.1) is 5.10 Å². The molecule has 0 aliphatic carbocycles. The molecule has 0 bridgehead atoms. The Labute approximate surface area is 202 Å². The van der Waals surface area contributed by atoms with Crippen LogP contribution in [0.3, 0.4) is 0 Å². The van der Waals surface area contributed by atoms with E-state index in [0.717, 1.165) is 6.42 Å². The van der Waals surface area contributed by atoms with E-state index in [2.05, 4.69) is 29.5 Å². The highest BCUT2D eigenvalue weighted by atomic mass is 19.1. The lowest BCUT2D eigenvalue weighted by atomic mass is 10.0. The number of para-hydroxylation sites is 1. The summed E-state index contributed by atoms with van der Waals surface area (Å²) in [7, 11) is 0. The summed E-state index contributed by atoms with van der Waals surface area (Å²) >= 11 is 0. The van der Waals surface area contributed by atoms with Gasteiger partial charge in [-0.2, -0.15) is 0 Å². The van der Waals surface area contributed by atoms with E-state index < -0.39 is 11.9 Å². The molecular formula is C26H28FN5O3. The van der Waals surface area contributed by atoms with E-state index in [4.69, 9.17) is 4.42 Å². The zero-order valence-electron chi connectivity index (χ0n) is 19.7. The molecule has 4 aromatic rings. The zero-order valence-corrected chi connectivity index (χ0v) is 19.7. The molecule has 1 atom stereocenters. The molecule has 0 saturated heterocycles. The SMILES string of the molecule is CC(C)CCNC(=O)[C@@H](c1ccc(F)cc1)N(Cc1ccco1)C(=O)Cn1nnc2ccccc21. The van der Waals surface area contributed by atoms with Crippen LogP contribution in [0.1, 0.15) is 37.6 Å². The van der Waals surface area contributed by atoms with E-state index >= 15 is 0 Å². The fourth-order valence-electron chi connectivity index (χ4n) is 3.85. The Balaban J connectivity index is 1.68. The van der Waals surface area contributed by atoms with Crippen molar-refractivity contribution in [3.63, 3.8) is 0 Å². The number of nitrogens with one attached hydrogen (secondary N) is 1. The molecule has 2 aromatic heterocycles. The van der Waals surface area contributed by atoms with Crippen LogP contribution < -0.4 is 5.32 Å². The van der Waals surface area contributed by atoms with Crippen molar-refractivity contribution >= 4 is 22.8 Å². The number of hydrogen-bond acceptors (Lipinski definition) is 5. The maximum atomic E-state index is 13.7. The van der Waals surface area contributed by atoms with Gasteiger partial charge in [0.1, 0.15) is 29.7 Å². The van der Waals surface area contributed by atoms with Crippen LogP contribution in [0.4, 0.5) is 4.39 Å². The third-order valence-corrected chi connectivity index (χ3v) is 5.70. The molecule has 4 rings (SSSR count). The average Bonchev–Trinajstić information content (AvgIpc) is 3.50.